The fraction of sp³-hybridized carbons (Fsp3) is 0.500. The molecule has 3 aromatic rings. The van der Waals surface area contributed by atoms with Gasteiger partial charge in [0, 0.05) is 18.2 Å². The van der Waals surface area contributed by atoms with Crippen molar-refractivity contribution in [1.29, 1.82) is 0 Å². The lowest BCUT2D eigenvalue weighted by Crippen LogP contribution is -2.29. The van der Waals surface area contributed by atoms with Crippen LogP contribution in [0.1, 0.15) is 57.4 Å². The van der Waals surface area contributed by atoms with E-state index in [0.717, 1.165) is 57.4 Å². The molecule has 0 amide bonds. The van der Waals surface area contributed by atoms with Crippen LogP contribution in [0.15, 0.2) is 24.4 Å². The van der Waals surface area contributed by atoms with Gasteiger partial charge in [-0.25, -0.2) is 18.7 Å². The first-order chi connectivity index (χ1) is 15.1. The fourth-order valence-corrected chi connectivity index (χ4v) is 4.67. The molecule has 0 unspecified atom stereocenters. The molecule has 2 fully saturated rings. The quantitative estimate of drug-likeness (QED) is 0.547. The number of rotatable bonds is 5. The van der Waals surface area contributed by atoms with Crippen molar-refractivity contribution in [3.63, 3.8) is 0 Å². The van der Waals surface area contributed by atoms with E-state index in [1.807, 2.05) is 4.57 Å². The van der Waals surface area contributed by atoms with Gasteiger partial charge in [-0.1, -0.05) is 12.8 Å². The molecule has 2 aliphatic carbocycles. The van der Waals surface area contributed by atoms with E-state index in [1.165, 1.54) is 12.1 Å². The van der Waals surface area contributed by atoms with Gasteiger partial charge in [0.15, 0.2) is 5.65 Å². The molecule has 0 spiro atoms. The minimum Gasteiger partial charge on any atom is -0.393 e. The van der Waals surface area contributed by atoms with Gasteiger partial charge in [0.05, 0.1) is 18.0 Å². The average molecular weight is 428 g/mol. The summed E-state index contributed by atoms with van der Waals surface area (Å²) in [7, 11) is 0. The Morgan fingerprint density at radius 2 is 1.77 bits per heavy atom. The summed E-state index contributed by atoms with van der Waals surface area (Å²) in [5.41, 5.74) is 1.50. The van der Waals surface area contributed by atoms with Crippen LogP contribution in [0.25, 0.3) is 11.2 Å². The highest BCUT2D eigenvalue weighted by Gasteiger charge is 2.25. The summed E-state index contributed by atoms with van der Waals surface area (Å²) in [6.45, 7) is 0. The maximum Gasteiger partial charge on any atom is 0.224 e. The lowest BCUT2D eigenvalue weighted by Gasteiger charge is -2.26. The predicted octanol–water partition coefficient (Wildman–Crippen LogP) is 4.68. The number of nitrogens with zero attached hydrogens (tertiary/aromatic N) is 4. The average Bonchev–Trinajstić information content (AvgIpc) is 3.39. The van der Waals surface area contributed by atoms with Crippen molar-refractivity contribution in [2.45, 2.75) is 69.6 Å². The van der Waals surface area contributed by atoms with E-state index < -0.39 is 11.6 Å². The lowest BCUT2D eigenvalue weighted by molar-refractivity contribution is 0.126. The molecule has 0 radical (unpaired) electrons. The fourth-order valence-electron chi connectivity index (χ4n) is 4.67. The second-order valence-corrected chi connectivity index (χ2v) is 8.55. The first-order valence-corrected chi connectivity index (χ1v) is 11.0. The van der Waals surface area contributed by atoms with Gasteiger partial charge in [0.2, 0.25) is 11.9 Å². The number of nitrogens with one attached hydrogen (secondary N) is 2. The Kier molecular flexibility index (Phi) is 5.43. The van der Waals surface area contributed by atoms with Crippen LogP contribution in [0, 0.1) is 11.6 Å². The van der Waals surface area contributed by atoms with E-state index in [1.54, 1.807) is 6.20 Å². The molecule has 0 atom stereocenters. The molecule has 2 aromatic heterocycles. The standard InChI is InChI=1S/C22H26F2N6O/c23-13-5-10-18(17(24)11-13)27-22-28-19-12-25-21(26-14-6-8-16(31)9-7-14)29-20(19)30(22)15-3-1-2-4-15/h5,10-12,14-16,31H,1-4,6-9H2,(H,27,28)(H,25,26,29). The molecule has 0 aliphatic heterocycles. The van der Waals surface area contributed by atoms with Crippen molar-refractivity contribution in [3.8, 4) is 0 Å². The third kappa shape index (κ3) is 4.19. The number of fused-ring (bicyclic) bond motifs is 1. The van der Waals surface area contributed by atoms with Crippen LogP contribution in [0.4, 0.5) is 26.4 Å². The summed E-state index contributed by atoms with van der Waals surface area (Å²) in [6.07, 6.45) is 9.01. The number of halogens is 2. The third-order valence-corrected chi connectivity index (χ3v) is 6.33. The number of aliphatic hydroxyl groups is 1. The molecule has 164 valence electrons. The predicted molar refractivity (Wildman–Crippen MR) is 114 cm³/mol. The molecular formula is C22H26F2N6O. The molecule has 9 heteroatoms. The maximum absolute atomic E-state index is 14.3. The van der Waals surface area contributed by atoms with Crippen LogP contribution in [-0.4, -0.2) is 36.8 Å². The molecule has 7 nitrogen and oxygen atoms in total. The summed E-state index contributed by atoms with van der Waals surface area (Å²) in [5.74, 6) is -0.269. The zero-order valence-corrected chi connectivity index (χ0v) is 17.2. The minimum absolute atomic E-state index is 0.169. The van der Waals surface area contributed by atoms with Gasteiger partial charge >= 0.3 is 0 Å². The van der Waals surface area contributed by atoms with E-state index in [9.17, 15) is 13.9 Å². The summed E-state index contributed by atoms with van der Waals surface area (Å²) >= 11 is 0. The summed E-state index contributed by atoms with van der Waals surface area (Å²) in [4.78, 5) is 13.8. The van der Waals surface area contributed by atoms with Crippen molar-refractivity contribution in [2.24, 2.45) is 0 Å². The van der Waals surface area contributed by atoms with Crippen LogP contribution >= 0.6 is 0 Å². The Morgan fingerprint density at radius 3 is 2.52 bits per heavy atom. The zero-order chi connectivity index (χ0) is 21.4. The maximum atomic E-state index is 14.3. The number of aromatic nitrogens is 4. The molecule has 0 bridgehead atoms. The van der Waals surface area contributed by atoms with Gasteiger partial charge in [-0.3, -0.25) is 4.57 Å². The molecule has 0 saturated heterocycles. The first-order valence-electron chi connectivity index (χ1n) is 11.0. The monoisotopic (exact) mass is 428 g/mol. The van der Waals surface area contributed by atoms with Gasteiger partial charge in [0.1, 0.15) is 17.2 Å². The molecule has 5 rings (SSSR count). The number of hydrogen-bond acceptors (Lipinski definition) is 6. The van der Waals surface area contributed by atoms with Gasteiger partial charge in [-0.2, -0.15) is 4.98 Å². The Morgan fingerprint density at radius 1 is 1.00 bits per heavy atom. The highest BCUT2D eigenvalue weighted by Crippen LogP contribution is 2.36. The Labute approximate surface area is 178 Å². The largest absolute Gasteiger partial charge is 0.393 e. The Balaban J connectivity index is 1.49. The van der Waals surface area contributed by atoms with Crippen LogP contribution in [0.2, 0.25) is 0 Å². The molecule has 31 heavy (non-hydrogen) atoms. The normalized spacial score (nSPS) is 22.2. The van der Waals surface area contributed by atoms with E-state index in [0.29, 0.717) is 23.1 Å². The van der Waals surface area contributed by atoms with Crippen molar-refractivity contribution in [2.75, 3.05) is 10.6 Å². The Bertz CT molecular complexity index is 1070. The van der Waals surface area contributed by atoms with E-state index in [-0.39, 0.29) is 23.9 Å². The molecule has 2 saturated carbocycles. The van der Waals surface area contributed by atoms with Gasteiger partial charge in [-0.15, -0.1) is 0 Å². The van der Waals surface area contributed by atoms with Crippen molar-refractivity contribution < 1.29 is 13.9 Å². The van der Waals surface area contributed by atoms with Crippen LogP contribution in [0.5, 0.6) is 0 Å². The number of hydrogen-bond donors (Lipinski definition) is 3. The lowest BCUT2D eigenvalue weighted by atomic mass is 9.93. The number of benzene rings is 1. The van der Waals surface area contributed by atoms with Crippen molar-refractivity contribution >= 4 is 28.7 Å². The van der Waals surface area contributed by atoms with E-state index in [2.05, 4.69) is 20.6 Å². The third-order valence-electron chi connectivity index (χ3n) is 6.33. The smallest absolute Gasteiger partial charge is 0.224 e. The van der Waals surface area contributed by atoms with Crippen molar-refractivity contribution in [3.05, 3.63) is 36.0 Å². The van der Waals surface area contributed by atoms with E-state index >= 15 is 0 Å². The molecule has 2 aliphatic rings. The summed E-state index contributed by atoms with van der Waals surface area (Å²) < 4.78 is 29.6. The Hall–Kier alpha value is -2.81. The number of anilines is 3. The second-order valence-electron chi connectivity index (χ2n) is 8.55. The van der Waals surface area contributed by atoms with Crippen LogP contribution in [-0.2, 0) is 0 Å². The highest BCUT2D eigenvalue weighted by molar-refractivity contribution is 5.76. The molecular weight excluding hydrogens is 402 g/mol. The highest BCUT2D eigenvalue weighted by atomic mass is 19.1. The zero-order valence-electron chi connectivity index (χ0n) is 17.2. The SMILES string of the molecule is OC1CCC(Nc2ncc3nc(Nc4ccc(F)cc4F)n(C4CCCC4)c3n2)CC1. The van der Waals surface area contributed by atoms with Crippen LogP contribution < -0.4 is 10.6 Å². The number of aliphatic hydroxyl groups excluding tert-OH is 1. The van der Waals surface area contributed by atoms with Gasteiger partial charge in [-0.05, 0) is 50.7 Å². The summed E-state index contributed by atoms with van der Waals surface area (Å²) in [6, 6.07) is 3.89. The minimum atomic E-state index is -0.669. The first kappa shape index (κ1) is 20.1. The van der Waals surface area contributed by atoms with E-state index in [4.69, 9.17) is 4.98 Å². The van der Waals surface area contributed by atoms with Gasteiger partial charge < -0.3 is 15.7 Å². The topological polar surface area (TPSA) is 87.9 Å². The van der Waals surface area contributed by atoms with Crippen molar-refractivity contribution in [1.82, 2.24) is 19.5 Å². The molecule has 3 N–H and O–H groups in total. The summed E-state index contributed by atoms with van der Waals surface area (Å²) in [5, 5.41) is 16.1. The van der Waals surface area contributed by atoms with Crippen LogP contribution in [0.3, 0.4) is 0 Å². The van der Waals surface area contributed by atoms with Gasteiger partial charge in [0.25, 0.3) is 0 Å². The molecule has 2 heterocycles. The second kappa shape index (κ2) is 8.37. The molecule has 1 aromatic carbocycles. The number of imidazole rings is 1.